The molecule has 3 atom stereocenters. The molecule has 1 amide bonds. The summed E-state index contributed by atoms with van der Waals surface area (Å²) in [6.07, 6.45) is -1.05. The van der Waals surface area contributed by atoms with E-state index in [2.05, 4.69) is 10.6 Å². The molecule has 1 saturated carbocycles. The lowest BCUT2D eigenvalue weighted by atomic mass is 9.89. The first kappa shape index (κ1) is 14.1. The Hall–Kier alpha value is -1.33. The van der Waals surface area contributed by atoms with E-state index in [0.717, 1.165) is 13.1 Å². The van der Waals surface area contributed by atoms with Crippen molar-refractivity contribution >= 4 is 18.5 Å². The highest BCUT2D eigenvalue weighted by Gasteiger charge is 2.67. The van der Waals surface area contributed by atoms with Crippen LogP contribution in [0.25, 0.3) is 0 Å². The maximum Gasteiger partial charge on any atom is 0.404 e. The van der Waals surface area contributed by atoms with Gasteiger partial charge in [0, 0.05) is 12.0 Å². The van der Waals surface area contributed by atoms with Crippen molar-refractivity contribution in [1.29, 1.82) is 0 Å². The molecule has 1 unspecified atom stereocenters. The van der Waals surface area contributed by atoms with Crippen molar-refractivity contribution in [3.05, 3.63) is 35.6 Å². The number of fused-ring (bicyclic) bond motifs is 1. The molecule has 3 N–H and O–H groups in total. The quantitative estimate of drug-likeness (QED) is 0.791. The van der Waals surface area contributed by atoms with Gasteiger partial charge in [-0.2, -0.15) is 0 Å². The van der Waals surface area contributed by atoms with Gasteiger partial charge in [-0.3, -0.25) is 0 Å². The second-order valence-electron chi connectivity index (χ2n) is 5.05. The van der Waals surface area contributed by atoms with Crippen molar-refractivity contribution in [2.75, 3.05) is 19.6 Å². The van der Waals surface area contributed by atoms with Crippen LogP contribution in [0.15, 0.2) is 24.3 Å². The Bertz CT molecular complexity index is 487. The van der Waals surface area contributed by atoms with Gasteiger partial charge in [-0.1, -0.05) is 18.2 Å². The molecule has 19 heavy (non-hydrogen) atoms. The van der Waals surface area contributed by atoms with E-state index in [1.54, 1.807) is 12.1 Å². The predicted molar refractivity (Wildman–Crippen MR) is 71.2 cm³/mol. The lowest BCUT2D eigenvalue weighted by Crippen LogP contribution is -2.37. The van der Waals surface area contributed by atoms with Crippen LogP contribution in [0, 0.1) is 17.7 Å². The van der Waals surface area contributed by atoms with Gasteiger partial charge in [0.05, 0.1) is 0 Å². The summed E-state index contributed by atoms with van der Waals surface area (Å²) in [5, 5.41) is 14.4. The third-order valence-corrected chi connectivity index (χ3v) is 4.34. The van der Waals surface area contributed by atoms with Crippen molar-refractivity contribution < 1.29 is 14.3 Å². The SMILES string of the molecule is Cl.O=C(O)NCC1(c2ccccc2F)[C@@H]2CNC[C@@H]21. The van der Waals surface area contributed by atoms with Gasteiger partial charge in [0.25, 0.3) is 0 Å². The highest BCUT2D eigenvalue weighted by Crippen LogP contribution is 2.61. The summed E-state index contributed by atoms with van der Waals surface area (Å²) < 4.78 is 14.0. The maximum atomic E-state index is 14.0. The van der Waals surface area contributed by atoms with E-state index in [-0.39, 0.29) is 23.6 Å². The molecule has 1 aromatic carbocycles. The van der Waals surface area contributed by atoms with Crippen molar-refractivity contribution in [2.24, 2.45) is 11.8 Å². The fourth-order valence-corrected chi connectivity index (χ4v) is 3.47. The predicted octanol–water partition coefficient (Wildman–Crippen LogP) is 1.60. The molecule has 0 aromatic heterocycles. The number of nitrogens with one attached hydrogen (secondary N) is 2. The molecule has 0 spiro atoms. The lowest BCUT2D eigenvalue weighted by molar-refractivity contribution is 0.192. The first-order valence-electron chi connectivity index (χ1n) is 6.09. The Balaban J connectivity index is 0.00000133. The molecular formula is C13H16ClFN2O2. The Morgan fingerprint density at radius 1 is 1.42 bits per heavy atom. The Morgan fingerprint density at radius 3 is 2.63 bits per heavy atom. The Morgan fingerprint density at radius 2 is 2.05 bits per heavy atom. The zero-order valence-corrected chi connectivity index (χ0v) is 11.0. The van der Waals surface area contributed by atoms with Crippen LogP contribution in [0.4, 0.5) is 9.18 Å². The number of halogens is 2. The van der Waals surface area contributed by atoms with E-state index in [9.17, 15) is 9.18 Å². The average molecular weight is 287 g/mol. The zero-order valence-electron chi connectivity index (χ0n) is 10.2. The van der Waals surface area contributed by atoms with Gasteiger partial charge in [0.1, 0.15) is 5.82 Å². The van der Waals surface area contributed by atoms with Gasteiger partial charge in [-0.15, -0.1) is 12.4 Å². The average Bonchev–Trinajstić information content (AvgIpc) is 2.73. The second-order valence-corrected chi connectivity index (χ2v) is 5.05. The molecule has 6 heteroatoms. The number of amides is 1. The lowest BCUT2D eigenvalue weighted by Gasteiger charge is -2.22. The molecule has 2 aliphatic rings. The van der Waals surface area contributed by atoms with Crippen molar-refractivity contribution in [2.45, 2.75) is 5.41 Å². The van der Waals surface area contributed by atoms with Crippen molar-refractivity contribution in [3.8, 4) is 0 Å². The smallest absolute Gasteiger partial charge is 0.404 e. The molecule has 4 nitrogen and oxygen atoms in total. The first-order chi connectivity index (χ1) is 8.66. The molecule has 0 radical (unpaired) electrons. The molecule has 1 aliphatic carbocycles. The van der Waals surface area contributed by atoms with Crippen LogP contribution in [0.2, 0.25) is 0 Å². The number of carboxylic acid groups (broad SMARTS) is 1. The molecule has 2 fully saturated rings. The fraction of sp³-hybridized carbons (Fsp3) is 0.462. The van der Waals surface area contributed by atoms with E-state index >= 15 is 0 Å². The molecular weight excluding hydrogens is 271 g/mol. The fourth-order valence-electron chi connectivity index (χ4n) is 3.47. The topological polar surface area (TPSA) is 61.4 Å². The van der Waals surface area contributed by atoms with Crippen LogP contribution >= 0.6 is 12.4 Å². The number of hydrogen-bond donors (Lipinski definition) is 3. The number of rotatable bonds is 3. The molecule has 104 valence electrons. The third-order valence-electron chi connectivity index (χ3n) is 4.34. The van der Waals surface area contributed by atoms with Gasteiger partial charge in [0.2, 0.25) is 0 Å². The van der Waals surface area contributed by atoms with Gasteiger partial charge < -0.3 is 15.7 Å². The summed E-state index contributed by atoms with van der Waals surface area (Å²) in [6, 6.07) is 6.69. The Kier molecular flexibility index (Phi) is 3.69. The van der Waals surface area contributed by atoms with Crippen LogP contribution in [-0.2, 0) is 5.41 Å². The van der Waals surface area contributed by atoms with Crippen LogP contribution in [-0.4, -0.2) is 30.8 Å². The number of benzene rings is 1. The third kappa shape index (κ3) is 2.07. The van der Waals surface area contributed by atoms with Gasteiger partial charge >= 0.3 is 6.09 Å². The molecule has 0 bridgehead atoms. The maximum absolute atomic E-state index is 14.0. The van der Waals surface area contributed by atoms with Crippen LogP contribution in [0.5, 0.6) is 0 Å². The van der Waals surface area contributed by atoms with E-state index < -0.39 is 6.09 Å². The number of carbonyl (C=O) groups is 1. The van der Waals surface area contributed by atoms with E-state index in [4.69, 9.17) is 5.11 Å². The summed E-state index contributed by atoms with van der Waals surface area (Å²) in [4.78, 5) is 10.7. The molecule has 1 heterocycles. The summed E-state index contributed by atoms with van der Waals surface area (Å²) in [5.74, 6) is 0.432. The molecule has 3 rings (SSSR count). The normalized spacial score (nSPS) is 31.2. The van der Waals surface area contributed by atoms with E-state index in [0.29, 0.717) is 23.9 Å². The minimum Gasteiger partial charge on any atom is -0.465 e. The summed E-state index contributed by atoms with van der Waals surface area (Å²) in [7, 11) is 0. The Labute approximate surface area is 116 Å². The van der Waals surface area contributed by atoms with Crippen LogP contribution < -0.4 is 10.6 Å². The number of piperidine rings is 1. The van der Waals surface area contributed by atoms with Crippen LogP contribution in [0.3, 0.4) is 0 Å². The summed E-state index contributed by atoms with van der Waals surface area (Å²) >= 11 is 0. The minimum absolute atomic E-state index is 0. The van der Waals surface area contributed by atoms with Crippen molar-refractivity contribution in [3.63, 3.8) is 0 Å². The van der Waals surface area contributed by atoms with E-state index in [1.165, 1.54) is 6.07 Å². The summed E-state index contributed by atoms with van der Waals surface area (Å²) in [5.41, 5.74) is 0.296. The monoisotopic (exact) mass is 286 g/mol. The zero-order chi connectivity index (χ0) is 12.8. The minimum atomic E-state index is -1.05. The van der Waals surface area contributed by atoms with E-state index in [1.807, 2.05) is 6.07 Å². The van der Waals surface area contributed by atoms with Gasteiger partial charge in [-0.25, -0.2) is 9.18 Å². The standard InChI is InChI=1S/C13H15FN2O2.ClH/c14-11-4-2-1-3-8(11)13(7-16-12(17)18)9-5-15-6-10(9)13;/h1-4,9-10,15-16H,5-7H2,(H,17,18);1H/t9-,10+,13?;. The number of hydrogen-bond acceptors (Lipinski definition) is 2. The van der Waals surface area contributed by atoms with Gasteiger partial charge in [-0.05, 0) is 36.6 Å². The van der Waals surface area contributed by atoms with Gasteiger partial charge in [0.15, 0.2) is 0 Å². The van der Waals surface area contributed by atoms with Crippen molar-refractivity contribution in [1.82, 2.24) is 10.6 Å². The molecule has 1 saturated heterocycles. The first-order valence-corrected chi connectivity index (χ1v) is 6.09. The van der Waals surface area contributed by atoms with Crippen LogP contribution in [0.1, 0.15) is 5.56 Å². The highest BCUT2D eigenvalue weighted by atomic mass is 35.5. The molecule has 1 aromatic rings. The largest absolute Gasteiger partial charge is 0.465 e. The molecule has 1 aliphatic heterocycles. The summed E-state index contributed by atoms with van der Waals surface area (Å²) in [6.45, 7) is 1.96. The second kappa shape index (κ2) is 4.98. The highest BCUT2D eigenvalue weighted by molar-refractivity contribution is 5.85.